The summed E-state index contributed by atoms with van der Waals surface area (Å²) in [5.41, 5.74) is 3.18. The van der Waals surface area contributed by atoms with E-state index >= 15 is 0 Å². The first-order valence-electron chi connectivity index (χ1n) is 12.7. The van der Waals surface area contributed by atoms with Gasteiger partial charge in [0.25, 0.3) is 0 Å². The summed E-state index contributed by atoms with van der Waals surface area (Å²) in [6.07, 6.45) is -0.833. The lowest BCUT2D eigenvalue weighted by Crippen LogP contribution is -2.50. The molecule has 0 saturated carbocycles. The van der Waals surface area contributed by atoms with E-state index in [0.29, 0.717) is 18.8 Å². The summed E-state index contributed by atoms with van der Waals surface area (Å²) in [6.45, 7) is 12.9. The molecule has 0 saturated heterocycles. The van der Waals surface area contributed by atoms with Gasteiger partial charge in [0.15, 0.2) is 0 Å². The highest BCUT2D eigenvalue weighted by atomic mass is 19.1. The van der Waals surface area contributed by atoms with E-state index in [1.807, 2.05) is 0 Å². The number of fused-ring (bicyclic) bond motifs is 1. The lowest BCUT2D eigenvalue weighted by molar-refractivity contribution is 0.0401. The SMILES string of the molecule is CC(C)(C)Cc1ccc2c(c1)C(NC[C@@H](O)[C@H](Cc1cc(F)cc(F)c1)NC(=O)OC(C)(C)C)COC2. The van der Waals surface area contributed by atoms with Crippen LogP contribution in [0.15, 0.2) is 36.4 Å². The van der Waals surface area contributed by atoms with Crippen molar-refractivity contribution in [3.05, 3.63) is 70.3 Å². The number of carbonyl (C=O) groups is 1. The number of aliphatic hydroxyl groups is 1. The third-order valence-electron chi connectivity index (χ3n) is 5.98. The number of hydrogen-bond donors (Lipinski definition) is 3. The van der Waals surface area contributed by atoms with Crippen molar-refractivity contribution in [3.63, 3.8) is 0 Å². The van der Waals surface area contributed by atoms with Crippen LogP contribution in [0.4, 0.5) is 13.6 Å². The van der Waals surface area contributed by atoms with Crippen LogP contribution in [0.3, 0.4) is 0 Å². The molecule has 3 rings (SSSR count). The van der Waals surface area contributed by atoms with Gasteiger partial charge < -0.3 is 25.2 Å². The fourth-order valence-electron chi connectivity index (χ4n) is 4.50. The first-order chi connectivity index (χ1) is 17.2. The second-order valence-electron chi connectivity index (χ2n) is 12.0. The summed E-state index contributed by atoms with van der Waals surface area (Å²) in [6, 6.07) is 8.58. The van der Waals surface area contributed by atoms with Crippen LogP contribution in [-0.4, -0.2) is 42.1 Å². The largest absolute Gasteiger partial charge is 0.444 e. The van der Waals surface area contributed by atoms with Crippen molar-refractivity contribution < 1.29 is 28.2 Å². The Bertz CT molecular complexity index is 1060. The van der Waals surface area contributed by atoms with Crippen molar-refractivity contribution in [1.82, 2.24) is 10.6 Å². The molecule has 8 heteroatoms. The van der Waals surface area contributed by atoms with Gasteiger partial charge in [0.1, 0.15) is 17.2 Å². The van der Waals surface area contributed by atoms with Gasteiger partial charge in [0, 0.05) is 12.6 Å². The van der Waals surface area contributed by atoms with Crippen molar-refractivity contribution in [1.29, 1.82) is 0 Å². The van der Waals surface area contributed by atoms with E-state index in [4.69, 9.17) is 9.47 Å². The predicted molar refractivity (Wildman–Crippen MR) is 139 cm³/mol. The van der Waals surface area contributed by atoms with Crippen LogP contribution in [0, 0.1) is 17.0 Å². The number of benzene rings is 2. The molecule has 2 aromatic carbocycles. The molecule has 6 nitrogen and oxygen atoms in total. The lowest BCUT2D eigenvalue weighted by Gasteiger charge is -2.31. The van der Waals surface area contributed by atoms with Crippen molar-refractivity contribution in [2.75, 3.05) is 13.2 Å². The van der Waals surface area contributed by atoms with Gasteiger partial charge in [-0.3, -0.25) is 0 Å². The molecule has 2 aromatic rings. The summed E-state index contributed by atoms with van der Waals surface area (Å²) >= 11 is 0. The third kappa shape index (κ3) is 9.36. The first kappa shape index (κ1) is 29.0. The zero-order valence-corrected chi connectivity index (χ0v) is 22.7. The molecule has 0 fully saturated rings. The number of ether oxygens (including phenoxy) is 2. The van der Waals surface area contributed by atoms with Gasteiger partial charge in [-0.25, -0.2) is 13.6 Å². The summed E-state index contributed by atoms with van der Waals surface area (Å²) in [5, 5.41) is 17.1. The first-order valence-corrected chi connectivity index (χ1v) is 12.7. The smallest absolute Gasteiger partial charge is 0.407 e. The van der Waals surface area contributed by atoms with Gasteiger partial charge in [-0.2, -0.15) is 0 Å². The highest BCUT2D eigenvalue weighted by Gasteiger charge is 2.28. The van der Waals surface area contributed by atoms with E-state index < -0.39 is 35.5 Å². The molecule has 0 spiro atoms. The van der Waals surface area contributed by atoms with Gasteiger partial charge in [-0.1, -0.05) is 39.0 Å². The molecule has 0 radical (unpaired) electrons. The Morgan fingerprint density at radius 1 is 1.08 bits per heavy atom. The average Bonchev–Trinajstić information content (AvgIpc) is 2.74. The molecule has 1 heterocycles. The van der Waals surface area contributed by atoms with Crippen molar-refractivity contribution in [2.45, 2.75) is 84.8 Å². The Balaban J connectivity index is 1.74. The van der Waals surface area contributed by atoms with Crippen LogP contribution >= 0.6 is 0 Å². The summed E-state index contributed by atoms with van der Waals surface area (Å²) in [7, 11) is 0. The molecular formula is C29H40F2N2O4. The fraction of sp³-hybridized carbons (Fsp3) is 0.552. The van der Waals surface area contributed by atoms with Gasteiger partial charge in [-0.05, 0) is 73.4 Å². The van der Waals surface area contributed by atoms with E-state index in [1.165, 1.54) is 17.7 Å². The van der Waals surface area contributed by atoms with Crippen LogP contribution in [0.2, 0.25) is 0 Å². The van der Waals surface area contributed by atoms with Gasteiger partial charge in [0.2, 0.25) is 0 Å². The molecule has 3 N–H and O–H groups in total. The summed E-state index contributed by atoms with van der Waals surface area (Å²) in [5.74, 6) is -1.44. The minimum atomic E-state index is -1.07. The predicted octanol–water partition coefficient (Wildman–Crippen LogP) is 5.21. The molecular weight excluding hydrogens is 478 g/mol. The normalized spacial score (nSPS) is 17.6. The number of rotatable bonds is 8. The maximum absolute atomic E-state index is 13.8. The van der Waals surface area contributed by atoms with Crippen molar-refractivity contribution in [3.8, 4) is 0 Å². The van der Waals surface area contributed by atoms with Crippen LogP contribution in [0.25, 0.3) is 0 Å². The summed E-state index contributed by atoms with van der Waals surface area (Å²) in [4.78, 5) is 12.5. The molecule has 0 bridgehead atoms. The number of halogens is 2. The Labute approximate surface area is 218 Å². The molecule has 37 heavy (non-hydrogen) atoms. The van der Waals surface area contributed by atoms with Crippen LogP contribution in [0.1, 0.15) is 69.8 Å². The number of aliphatic hydroxyl groups excluding tert-OH is 1. The van der Waals surface area contributed by atoms with Crippen molar-refractivity contribution in [2.24, 2.45) is 5.41 Å². The van der Waals surface area contributed by atoms with E-state index in [9.17, 15) is 18.7 Å². The Kier molecular flexibility index (Phi) is 9.32. The Hall–Kier alpha value is -2.55. The number of carbonyl (C=O) groups excluding carboxylic acids is 1. The second kappa shape index (κ2) is 11.9. The zero-order chi connectivity index (χ0) is 27.4. The number of amides is 1. The molecule has 0 aromatic heterocycles. The fourth-order valence-corrected chi connectivity index (χ4v) is 4.50. The summed E-state index contributed by atoms with van der Waals surface area (Å²) < 4.78 is 38.7. The van der Waals surface area contributed by atoms with Crippen LogP contribution in [0.5, 0.6) is 0 Å². The molecule has 3 atom stereocenters. The highest BCUT2D eigenvalue weighted by Crippen LogP contribution is 2.29. The molecule has 1 aliphatic heterocycles. The second-order valence-corrected chi connectivity index (χ2v) is 12.0. The molecule has 204 valence electrons. The standard InChI is InChI=1S/C29H40F2N2O4/c1-28(2,3)14-18-7-8-20-16-36-17-25(23(20)11-18)32-15-26(34)24(33-27(35)37-29(4,5)6)12-19-9-21(30)13-22(31)10-19/h7-11,13,24-26,32,34H,12,14-17H2,1-6H3,(H,33,35)/t24-,25?,26+/m0/s1. The minimum Gasteiger partial charge on any atom is -0.444 e. The van der Waals surface area contributed by atoms with Gasteiger partial charge in [0.05, 0.1) is 31.4 Å². The van der Waals surface area contributed by atoms with E-state index in [2.05, 4.69) is 49.6 Å². The zero-order valence-electron chi connectivity index (χ0n) is 22.7. The van der Waals surface area contributed by atoms with E-state index in [1.54, 1.807) is 20.8 Å². The highest BCUT2D eigenvalue weighted by molar-refractivity contribution is 5.68. The monoisotopic (exact) mass is 518 g/mol. The topological polar surface area (TPSA) is 79.8 Å². The number of alkyl carbamates (subject to hydrolysis) is 1. The Morgan fingerprint density at radius 2 is 1.76 bits per heavy atom. The maximum atomic E-state index is 13.8. The minimum absolute atomic E-state index is 0.0181. The third-order valence-corrected chi connectivity index (χ3v) is 5.98. The van der Waals surface area contributed by atoms with Crippen molar-refractivity contribution >= 4 is 6.09 Å². The maximum Gasteiger partial charge on any atom is 0.407 e. The van der Waals surface area contributed by atoms with E-state index in [-0.39, 0.29) is 24.4 Å². The molecule has 1 amide bonds. The molecule has 1 aliphatic rings. The molecule has 0 aliphatic carbocycles. The average molecular weight is 519 g/mol. The van der Waals surface area contributed by atoms with E-state index in [0.717, 1.165) is 23.6 Å². The van der Waals surface area contributed by atoms with Gasteiger partial charge in [-0.15, -0.1) is 0 Å². The van der Waals surface area contributed by atoms with Gasteiger partial charge >= 0.3 is 6.09 Å². The lowest BCUT2D eigenvalue weighted by atomic mass is 9.86. The quantitative estimate of drug-likeness (QED) is 0.447. The number of nitrogens with one attached hydrogen (secondary N) is 2. The van der Waals surface area contributed by atoms with Crippen LogP contribution in [-0.2, 0) is 28.9 Å². The van der Waals surface area contributed by atoms with Crippen LogP contribution < -0.4 is 10.6 Å². The Morgan fingerprint density at radius 3 is 2.38 bits per heavy atom. The molecule has 1 unspecified atom stereocenters. The number of hydrogen-bond acceptors (Lipinski definition) is 5.